The highest BCUT2D eigenvalue weighted by Gasteiger charge is 2.09. The molecule has 0 saturated heterocycles. The van der Waals surface area contributed by atoms with Crippen LogP contribution in [0, 0.1) is 5.82 Å². The molecule has 14 heavy (non-hydrogen) atoms. The number of benzene rings is 1. The maximum absolute atomic E-state index is 13.1. The fourth-order valence-electron chi connectivity index (χ4n) is 1.19. The zero-order valence-corrected chi connectivity index (χ0v) is 7.92. The van der Waals surface area contributed by atoms with Gasteiger partial charge in [0, 0.05) is 6.42 Å². The number of hydrogen-bond acceptors (Lipinski definition) is 2. The van der Waals surface area contributed by atoms with E-state index in [1.165, 1.54) is 13.0 Å². The van der Waals surface area contributed by atoms with Gasteiger partial charge in [0.1, 0.15) is 17.4 Å². The van der Waals surface area contributed by atoms with Crippen LogP contribution in [0.2, 0.25) is 0 Å². The molecule has 0 atom stereocenters. The highest BCUT2D eigenvalue weighted by molar-refractivity contribution is 5.98. The summed E-state index contributed by atoms with van der Waals surface area (Å²) in [5.41, 5.74) is 0.346. The Labute approximate surface area is 81.7 Å². The minimum absolute atomic E-state index is 0.00769. The number of carbonyl (C=O) groups excluding carboxylic acids is 2. The summed E-state index contributed by atoms with van der Waals surface area (Å²) in [5.74, 6) is -0.835. The summed E-state index contributed by atoms with van der Waals surface area (Å²) in [6.45, 7) is 1.35. The van der Waals surface area contributed by atoms with Crippen molar-refractivity contribution in [1.29, 1.82) is 0 Å². The first kappa shape index (κ1) is 10.6. The van der Waals surface area contributed by atoms with Crippen LogP contribution < -0.4 is 0 Å². The molecule has 0 heterocycles. The topological polar surface area (TPSA) is 34.1 Å². The molecule has 0 spiro atoms. The van der Waals surface area contributed by atoms with E-state index in [1.807, 2.05) is 0 Å². The fourth-order valence-corrected chi connectivity index (χ4v) is 1.19. The highest BCUT2D eigenvalue weighted by atomic mass is 19.1. The van der Waals surface area contributed by atoms with Crippen molar-refractivity contribution in [1.82, 2.24) is 0 Å². The molecule has 1 aromatic rings. The lowest BCUT2D eigenvalue weighted by Gasteiger charge is -2.00. The van der Waals surface area contributed by atoms with Crippen LogP contribution in [0.25, 0.3) is 0 Å². The summed E-state index contributed by atoms with van der Waals surface area (Å²) >= 11 is 0. The average molecular weight is 194 g/mol. The second kappa shape index (κ2) is 4.65. The molecule has 0 aliphatic heterocycles. The van der Waals surface area contributed by atoms with Gasteiger partial charge in [0.05, 0.1) is 6.42 Å². The molecule has 1 aromatic carbocycles. The van der Waals surface area contributed by atoms with Gasteiger partial charge in [-0.25, -0.2) is 4.39 Å². The third-order valence-electron chi connectivity index (χ3n) is 1.79. The Kier molecular flexibility index (Phi) is 3.51. The normalized spacial score (nSPS) is 9.86. The Morgan fingerprint density at radius 1 is 1.29 bits per heavy atom. The van der Waals surface area contributed by atoms with E-state index in [0.717, 1.165) is 0 Å². The number of hydrogen-bond donors (Lipinski definition) is 0. The Hall–Kier alpha value is -1.51. The lowest BCUT2D eigenvalue weighted by molar-refractivity contribution is -0.125. The predicted molar refractivity (Wildman–Crippen MR) is 50.4 cm³/mol. The fraction of sp³-hybridized carbons (Fsp3) is 0.273. The zero-order chi connectivity index (χ0) is 10.6. The standard InChI is InChI=1S/C11H11FO2/c1-8(13)6-10(14)7-9-4-2-3-5-11(9)12/h2-5H,6-7H2,1H3. The van der Waals surface area contributed by atoms with E-state index >= 15 is 0 Å². The number of rotatable bonds is 4. The molecule has 0 bridgehead atoms. The molecule has 1 rings (SSSR count). The smallest absolute Gasteiger partial charge is 0.144 e. The van der Waals surface area contributed by atoms with Crippen molar-refractivity contribution in [3.05, 3.63) is 35.6 Å². The van der Waals surface area contributed by atoms with Crippen molar-refractivity contribution in [2.24, 2.45) is 0 Å². The molecular formula is C11H11FO2. The highest BCUT2D eigenvalue weighted by Crippen LogP contribution is 2.08. The van der Waals surface area contributed by atoms with Gasteiger partial charge in [-0.05, 0) is 18.6 Å². The van der Waals surface area contributed by atoms with Crippen LogP contribution in [-0.4, -0.2) is 11.6 Å². The van der Waals surface area contributed by atoms with Gasteiger partial charge >= 0.3 is 0 Å². The molecule has 0 saturated carbocycles. The zero-order valence-electron chi connectivity index (χ0n) is 7.92. The average Bonchev–Trinajstić information content (AvgIpc) is 2.07. The van der Waals surface area contributed by atoms with Crippen molar-refractivity contribution in [3.63, 3.8) is 0 Å². The van der Waals surface area contributed by atoms with E-state index in [0.29, 0.717) is 5.56 Å². The second-order valence-corrected chi connectivity index (χ2v) is 3.19. The SMILES string of the molecule is CC(=O)CC(=O)Cc1ccccc1F. The summed E-state index contributed by atoms with van der Waals surface area (Å²) in [5, 5.41) is 0. The first-order chi connectivity index (χ1) is 6.59. The molecule has 0 amide bonds. The van der Waals surface area contributed by atoms with E-state index in [4.69, 9.17) is 0 Å². The summed E-state index contributed by atoms with van der Waals surface area (Å²) in [7, 11) is 0. The lowest BCUT2D eigenvalue weighted by atomic mass is 10.1. The van der Waals surface area contributed by atoms with E-state index < -0.39 is 5.82 Å². The summed E-state index contributed by atoms with van der Waals surface area (Å²) in [4.78, 5) is 21.8. The van der Waals surface area contributed by atoms with E-state index in [9.17, 15) is 14.0 Å². The molecule has 0 fully saturated rings. The molecule has 2 nitrogen and oxygen atoms in total. The van der Waals surface area contributed by atoms with Crippen LogP contribution >= 0.6 is 0 Å². The van der Waals surface area contributed by atoms with Crippen molar-refractivity contribution in [3.8, 4) is 0 Å². The van der Waals surface area contributed by atoms with Gasteiger partial charge in [-0.1, -0.05) is 18.2 Å². The van der Waals surface area contributed by atoms with E-state index in [1.54, 1.807) is 18.2 Å². The van der Waals surface area contributed by atoms with E-state index in [-0.39, 0.29) is 24.4 Å². The minimum atomic E-state index is -0.399. The Balaban J connectivity index is 2.65. The summed E-state index contributed by atoms with van der Waals surface area (Å²) in [6.07, 6.45) is -0.124. The van der Waals surface area contributed by atoms with Gasteiger partial charge in [-0.3, -0.25) is 9.59 Å². The number of halogens is 1. The van der Waals surface area contributed by atoms with Gasteiger partial charge in [-0.2, -0.15) is 0 Å². The van der Waals surface area contributed by atoms with Crippen LogP contribution in [0.1, 0.15) is 18.9 Å². The van der Waals surface area contributed by atoms with Crippen LogP contribution in [0.3, 0.4) is 0 Å². The van der Waals surface area contributed by atoms with Gasteiger partial charge in [0.15, 0.2) is 0 Å². The van der Waals surface area contributed by atoms with Gasteiger partial charge in [-0.15, -0.1) is 0 Å². The molecule has 3 heteroatoms. The first-order valence-corrected chi connectivity index (χ1v) is 4.34. The Bertz CT molecular complexity index is 358. The van der Waals surface area contributed by atoms with Crippen LogP contribution in [0.4, 0.5) is 4.39 Å². The summed E-state index contributed by atoms with van der Waals surface area (Å²) in [6, 6.07) is 6.08. The van der Waals surface area contributed by atoms with Crippen LogP contribution in [-0.2, 0) is 16.0 Å². The van der Waals surface area contributed by atoms with Crippen LogP contribution in [0.15, 0.2) is 24.3 Å². The Morgan fingerprint density at radius 3 is 2.50 bits per heavy atom. The van der Waals surface area contributed by atoms with Crippen LogP contribution in [0.5, 0.6) is 0 Å². The first-order valence-electron chi connectivity index (χ1n) is 4.34. The maximum Gasteiger partial charge on any atom is 0.144 e. The maximum atomic E-state index is 13.1. The van der Waals surface area contributed by atoms with Crippen molar-refractivity contribution in [2.75, 3.05) is 0 Å². The third-order valence-corrected chi connectivity index (χ3v) is 1.79. The second-order valence-electron chi connectivity index (χ2n) is 3.19. The lowest BCUT2D eigenvalue weighted by Crippen LogP contribution is -2.08. The van der Waals surface area contributed by atoms with Crippen molar-refractivity contribution >= 4 is 11.6 Å². The van der Waals surface area contributed by atoms with Crippen molar-refractivity contribution in [2.45, 2.75) is 19.8 Å². The third kappa shape index (κ3) is 3.09. The molecule has 0 radical (unpaired) electrons. The number of carbonyl (C=O) groups is 2. The van der Waals surface area contributed by atoms with Gasteiger partial charge in [0.2, 0.25) is 0 Å². The molecule has 0 aliphatic carbocycles. The predicted octanol–water partition coefficient (Wildman–Crippen LogP) is 1.92. The molecule has 74 valence electrons. The monoisotopic (exact) mass is 194 g/mol. The quantitative estimate of drug-likeness (QED) is 0.686. The van der Waals surface area contributed by atoms with E-state index in [2.05, 4.69) is 0 Å². The molecule has 0 aliphatic rings. The number of ketones is 2. The number of Topliss-reactive ketones (excluding diaryl/α,β-unsaturated/α-hetero) is 2. The van der Waals surface area contributed by atoms with Crippen molar-refractivity contribution < 1.29 is 14.0 Å². The summed E-state index contributed by atoms with van der Waals surface area (Å²) < 4.78 is 13.1. The molecular weight excluding hydrogens is 183 g/mol. The van der Waals surface area contributed by atoms with Gasteiger partial charge < -0.3 is 0 Å². The Morgan fingerprint density at radius 2 is 1.93 bits per heavy atom. The largest absolute Gasteiger partial charge is 0.300 e. The molecule has 0 aromatic heterocycles. The molecule has 0 unspecified atom stereocenters. The molecule has 0 N–H and O–H groups in total. The van der Waals surface area contributed by atoms with Gasteiger partial charge in [0.25, 0.3) is 0 Å². The minimum Gasteiger partial charge on any atom is -0.300 e.